The zero-order valence-electron chi connectivity index (χ0n) is 12.4. The van der Waals surface area contributed by atoms with Crippen LogP contribution in [0.3, 0.4) is 0 Å². The summed E-state index contributed by atoms with van der Waals surface area (Å²) in [7, 11) is 1.67. The molecule has 0 spiro atoms. The third-order valence-electron chi connectivity index (χ3n) is 3.19. The van der Waals surface area contributed by atoms with E-state index < -0.39 is 0 Å². The molecule has 2 aromatic carbocycles. The number of nitrogens with zero attached hydrogens (tertiary/aromatic N) is 2. The lowest BCUT2D eigenvalue weighted by Gasteiger charge is -2.10. The lowest BCUT2D eigenvalue weighted by Crippen LogP contribution is -1.91. The average Bonchev–Trinajstić information content (AvgIpc) is 3.06. The molecule has 3 aromatic rings. The third kappa shape index (κ3) is 3.14. The average molecular weight is 312 g/mol. The molecule has 0 radical (unpaired) electrons. The Balaban J connectivity index is 1.78. The Bertz CT molecular complexity index is 743. The molecule has 1 unspecified atom stereocenters. The van der Waals surface area contributed by atoms with Crippen LogP contribution in [0.5, 0.6) is 5.75 Å². The van der Waals surface area contributed by atoms with Gasteiger partial charge in [-0.15, -0.1) is 11.8 Å². The summed E-state index contributed by atoms with van der Waals surface area (Å²) in [5.74, 6) is 2.07. The molecule has 0 aliphatic rings. The predicted octanol–water partition coefficient (Wildman–Crippen LogP) is 4.60. The standard InChI is InChI=1S/C17H16N2O2S/c1-12(22-15-11-7-6-10-14(15)20-2)17-18-16(19-21-17)13-8-4-3-5-9-13/h3-12H,1-2H3. The molecule has 0 aliphatic heterocycles. The summed E-state index contributed by atoms with van der Waals surface area (Å²) in [6.07, 6.45) is 0. The molecule has 0 fully saturated rings. The van der Waals surface area contributed by atoms with E-state index in [9.17, 15) is 0 Å². The summed E-state index contributed by atoms with van der Waals surface area (Å²) in [5, 5.41) is 4.10. The van der Waals surface area contributed by atoms with E-state index in [-0.39, 0.29) is 5.25 Å². The summed E-state index contributed by atoms with van der Waals surface area (Å²) in [6.45, 7) is 2.04. The van der Waals surface area contributed by atoms with Crippen molar-refractivity contribution >= 4 is 11.8 Å². The minimum atomic E-state index is 0.0428. The molecule has 5 heteroatoms. The van der Waals surface area contributed by atoms with Crippen molar-refractivity contribution in [3.05, 3.63) is 60.5 Å². The van der Waals surface area contributed by atoms with Gasteiger partial charge in [0, 0.05) is 5.56 Å². The number of hydrogen-bond donors (Lipinski definition) is 0. The number of rotatable bonds is 5. The quantitative estimate of drug-likeness (QED) is 0.644. The van der Waals surface area contributed by atoms with Gasteiger partial charge in [0.1, 0.15) is 5.75 Å². The van der Waals surface area contributed by atoms with Crippen molar-refractivity contribution in [3.8, 4) is 17.1 Å². The molecule has 0 saturated carbocycles. The fourth-order valence-corrected chi connectivity index (χ4v) is 3.06. The van der Waals surface area contributed by atoms with Crippen molar-refractivity contribution in [1.82, 2.24) is 10.1 Å². The van der Waals surface area contributed by atoms with Crippen molar-refractivity contribution < 1.29 is 9.26 Å². The molecule has 3 rings (SSSR count). The van der Waals surface area contributed by atoms with Crippen LogP contribution >= 0.6 is 11.8 Å². The summed E-state index contributed by atoms with van der Waals surface area (Å²) >= 11 is 1.64. The first-order valence-electron chi connectivity index (χ1n) is 6.96. The lowest BCUT2D eigenvalue weighted by atomic mass is 10.2. The van der Waals surface area contributed by atoms with E-state index in [4.69, 9.17) is 9.26 Å². The number of ether oxygens (including phenoxy) is 1. The first kappa shape index (κ1) is 14.7. The first-order valence-corrected chi connectivity index (χ1v) is 7.84. The molecular weight excluding hydrogens is 296 g/mol. The van der Waals surface area contributed by atoms with Crippen molar-refractivity contribution in [2.24, 2.45) is 0 Å². The Hall–Kier alpha value is -2.27. The Labute approximate surface area is 133 Å². The second-order valence-electron chi connectivity index (χ2n) is 4.73. The van der Waals surface area contributed by atoms with E-state index >= 15 is 0 Å². The maximum atomic E-state index is 5.40. The van der Waals surface area contributed by atoms with Crippen molar-refractivity contribution in [3.63, 3.8) is 0 Å². The van der Waals surface area contributed by atoms with Crippen LogP contribution in [0.2, 0.25) is 0 Å². The molecule has 1 heterocycles. The van der Waals surface area contributed by atoms with E-state index in [0.29, 0.717) is 11.7 Å². The van der Waals surface area contributed by atoms with E-state index in [0.717, 1.165) is 16.2 Å². The largest absolute Gasteiger partial charge is 0.496 e. The smallest absolute Gasteiger partial charge is 0.240 e. The van der Waals surface area contributed by atoms with Crippen molar-refractivity contribution in [1.29, 1.82) is 0 Å². The van der Waals surface area contributed by atoms with Gasteiger partial charge >= 0.3 is 0 Å². The fraction of sp³-hybridized carbons (Fsp3) is 0.176. The summed E-state index contributed by atoms with van der Waals surface area (Å²) in [4.78, 5) is 5.55. The number of benzene rings is 2. The first-order chi connectivity index (χ1) is 10.8. The topological polar surface area (TPSA) is 48.2 Å². The van der Waals surface area contributed by atoms with Gasteiger partial charge in [-0.05, 0) is 19.1 Å². The Morgan fingerprint density at radius 3 is 2.55 bits per heavy atom. The molecule has 0 aliphatic carbocycles. The summed E-state index contributed by atoms with van der Waals surface area (Å²) in [5.41, 5.74) is 0.951. The second kappa shape index (κ2) is 6.66. The Kier molecular flexibility index (Phi) is 4.44. The number of para-hydroxylation sites is 1. The van der Waals surface area contributed by atoms with Gasteiger partial charge in [-0.1, -0.05) is 47.6 Å². The van der Waals surface area contributed by atoms with Gasteiger partial charge in [0.25, 0.3) is 0 Å². The minimum absolute atomic E-state index is 0.0428. The van der Waals surface area contributed by atoms with Gasteiger partial charge in [0.05, 0.1) is 17.3 Å². The minimum Gasteiger partial charge on any atom is -0.496 e. The Morgan fingerprint density at radius 1 is 1.05 bits per heavy atom. The Morgan fingerprint density at radius 2 is 1.77 bits per heavy atom. The normalized spacial score (nSPS) is 12.1. The zero-order valence-corrected chi connectivity index (χ0v) is 13.2. The van der Waals surface area contributed by atoms with E-state index in [1.54, 1.807) is 18.9 Å². The molecule has 0 N–H and O–H groups in total. The zero-order chi connectivity index (χ0) is 15.4. The number of hydrogen-bond acceptors (Lipinski definition) is 5. The summed E-state index contributed by atoms with van der Waals surface area (Å²) in [6, 6.07) is 17.7. The van der Waals surface area contributed by atoms with E-state index in [1.165, 1.54) is 0 Å². The highest BCUT2D eigenvalue weighted by atomic mass is 32.2. The second-order valence-corrected chi connectivity index (χ2v) is 6.12. The highest BCUT2D eigenvalue weighted by Crippen LogP contribution is 2.39. The van der Waals surface area contributed by atoms with Crippen molar-refractivity contribution in [2.75, 3.05) is 7.11 Å². The molecule has 0 bridgehead atoms. The molecule has 4 nitrogen and oxygen atoms in total. The third-order valence-corrected chi connectivity index (χ3v) is 4.34. The number of aromatic nitrogens is 2. The van der Waals surface area contributed by atoms with Crippen LogP contribution in [-0.4, -0.2) is 17.3 Å². The highest BCUT2D eigenvalue weighted by Gasteiger charge is 2.18. The molecule has 0 amide bonds. The SMILES string of the molecule is COc1ccccc1SC(C)c1nc(-c2ccccc2)no1. The van der Waals surface area contributed by atoms with E-state index in [1.807, 2.05) is 61.5 Å². The van der Waals surface area contributed by atoms with Gasteiger partial charge in [-0.3, -0.25) is 0 Å². The van der Waals surface area contributed by atoms with Crippen LogP contribution in [0.1, 0.15) is 18.1 Å². The fourth-order valence-electron chi connectivity index (χ4n) is 2.06. The van der Waals surface area contributed by atoms with Gasteiger partial charge in [0.2, 0.25) is 11.7 Å². The highest BCUT2D eigenvalue weighted by molar-refractivity contribution is 7.99. The van der Waals surface area contributed by atoms with Gasteiger partial charge < -0.3 is 9.26 Å². The maximum absolute atomic E-state index is 5.40. The lowest BCUT2D eigenvalue weighted by molar-refractivity contribution is 0.380. The van der Waals surface area contributed by atoms with Gasteiger partial charge in [-0.25, -0.2) is 0 Å². The van der Waals surface area contributed by atoms with Crippen molar-refractivity contribution in [2.45, 2.75) is 17.1 Å². The van der Waals surface area contributed by atoms with Crippen LogP contribution in [0.4, 0.5) is 0 Å². The molecular formula is C17H16N2O2S. The maximum Gasteiger partial charge on any atom is 0.240 e. The van der Waals surface area contributed by atoms with E-state index in [2.05, 4.69) is 10.1 Å². The van der Waals surface area contributed by atoms with Crippen LogP contribution in [-0.2, 0) is 0 Å². The molecule has 1 aromatic heterocycles. The predicted molar refractivity (Wildman–Crippen MR) is 87.0 cm³/mol. The number of thioether (sulfide) groups is 1. The van der Waals surface area contributed by atoms with Crippen LogP contribution < -0.4 is 4.74 Å². The monoisotopic (exact) mass is 312 g/mol. The van der Waals surface area contributed by atoms with Crippen LogP contribution in [0, 0.1) is 0 Å². The number of methoxy groups -OCH3 is 1. The van der Waals surface area contributed by atoms with Crippen LogP contribution in [0.15, 0.2) is 64.0 Å². The van der Waals surface area contributed by atoms with Crippen LogP contribution in [0.25, 0.3) is 11.4 Å². The molecule has 0 saturated heterocycles. The van der Waals surface area contributed by atoms with Gasteiger partial charge in [0.15, 0.2) is 0 Å². The summed E-state index contributed by atoms with van der Waals surface area (Å²) < 4.78 is 10.8. The molecule has 1 atom stereocenters. The van der Waals surface area contributed by atoms with Gasteiger partial charge in [-0.2, -0.15) is 4.98 Å². The molecule has 22 heavy (non-hydrogen) atoms. The molecule has 112 valence electrons.